The van der Waals surface area contributed by atoms with Crippen LogP contribution in [0.2, 0.25) is 0 Å². The second kappa shape index (κ2) is 39.0. The zero-order valence-corrected chi connectivity index (χ0v) is 74.5. The summed E-state index contributed by atoms with van der Waals surface area (Å²) in [6.45, 7) is 41.9. The van der Waals surface area contributed by atoms with Gasteiger partial charge in [-0.1, -0.05) is 218 Å². The number of rotatable bonds is 7. The molecule has 6 aliphatic heterocycles. The molecule has 3 saturated carbocycles. The van der Waals surface area contributed by atoms with Crippen molar-refractivity contribution in [3.63, 3.8) is 0 Å². The second-order valence-corrected chi connectivity index (χ2v) is 42.1. The number of hydrogen-bond acceptors (Lipinski definition) is 17. The number of Topliss-reactive ketones (excluding diaryl/α,β-unsaturated/α-hetero) is 1. The fourth-order valence-electron chi connectivity index (χ4n) is 19.7. The first kappa shape index (κ1) is 96.0. The molecule has 9 aliphatic rings. The summed E-state index contributed by atoms with van der Waals surface area (Å²) in [6.07, 6.45) is 22.1. The number of ether oxygens (including phenoxy) is 3. The van der Waals surface area contributed by atoms with Crippen LogP contribution in [0.3, 0.4) is 0 Å². The molecule has 9 fully saturated rings. The van der Waals surface area contributed by atoms with Crippen LogP contribution >= 0.6 is 0 Å². The molecular weight excluding hydrogens is 1480 g/mol. The van der Waals surface area contributed by atoms with E-state index >= 15 is 0 Å². The van der Waals surface area contributed by atoms with E-state index < -0.39 is 129 Å². The van der Waals surface area contributed by atoms with Gasteiger partial charge in [-0.15, -0.1) is 0 Å². The first-order chi connectivity index (χ1) is 53.8. The average Bonchev–Trinajstić information content (AvgIpc) is 1.54. The first-order valence-electron chi connectivity index (χ1n) is 43.9. The van der Waals surface area contributed by atoms with Crippen LogP contribution in [0, 0.1) is 79.3 Å². The third-order valence-corrected chi connectivity index (χ3v) is 27.0. The summed E-state index contributed by atoms with van der Waals surface area (Å²) in [5, 5.41) is 37.1. The van der Waals surface area contributed by atoms with Crippen molar-refractivity contribution in [1.82, 2.24) is 46.6 Å². The second-order valence-electron chi connectivity index (χ2n) is 42.1. The molecule has 0 radical (unpaired) electrons. The number of aldehydes is 1. The zero-order chi connectivity index (χ0) is 86.8. The molecule has 0 spiro atoms. The Labute approximate surface area is 692 Å². The number of carbonyl (C=O) groups is 12. The van der Waals surface area contributed by atoms with Gasteiger partial charge in [0, 0.05) is 19.6 Å². The monoisotopic (exact) mass is 1630 g/mol. The SMILES string of the molecule is CC(C)(C)OC(=O)N[C@@H]1C(=O)N2CC3[C@@H]([C@H]2C(=O)N[C@H](C(=O)C(N)=O)CCCCCCCCCC1(C)C)C3(C)C.CC(C)(C)OC(=O)N[C@@H]1C(=O)N2CC3[C@@H]([C@H]2C(=O)N[C@H](C(O)C#N)CCCCCCCCCC1(C)C)C3(C)C.CC(C)(C)OC(=O)N[C@@H]1C(=O)N2CC3[C@@H]([C@H]2C(=O)N[C@H](C=O)CCCCCCCCCC1(C)C)C3(C)C. The van der Waals surface area contributed by atoms with Gasteiger partial charge >= 0.3 is 18.3 Å². The van der Waals surface area contributed by atoms with Gasteiger partial charge in [0.1, 0.15) is 59.3 Å². The number of primary amides is 1. The molecule has 0 aromatic rings. The predicted molar refractivity (Wildman–Crippen MR) is 442 cm³/mol. The lowest BCUT2D eigenvalue weighted by Crippen LogP contribution is -2.61. The van der Waals surface area contributed by atoms with Gasteiger partial charge in [0.2, 0.25) is 41.2 Å². The van der Waals surface area contributed by atoms with Crippen LogP contribution in [0.15, 0.2) is 0 Å². The van der Waals surface area contributed by atoms with E-state index in [0.29, 0.717) is 45.3 Å². The number of nitrogens with one attached hydrogen (secondary N) is 6. The summed E-state index contributed by atoms with van der Waals surface area (Å²) in [4.78, 5) is 164. The van der Waals surface area contributed by atoms with E-state index in [2.05, 4.69) is 73.4 Å². The fraction of sp³-hybridized carbons (Fsp3) is 0.854. The van der Waals surface area contributed by atoms with Gasteiger partial charge in [0.15, 0.2) is 6.10 Å². The molecule has 0 bridgehead atoms. The van der Waals surface area contributed by atoms with Crippen molar-refractivity contribution in [3.05, 3.63) is 0 Å². The number of nitriles is 1. The topological polar surface area (TPSA) is 384 Å². The van der Waals surface area contributed by atoms with Crippen LogP contribution in [0.25, 0.3) is 0 Å². The Morgan fingerprint density at radius 1 is 0.448 bits per heavy atom. The highest BCUT2D eigenvalue weighted by molar-refractivity contribution is 6.37. The third kappa shape index (κ3) is 25.0. The van der Waals surface area contributed by atoms with Crippen molar-refractivity contribution in [2.24, 2.45) is 73.7 Å². The molecule has 116 heavy (non-hydrogen) atoms. The number of hydrogen-bond donors (Lipinski definition) is 8. The van der Waals surface area contributed by atoms with E-state index in [9.17, 15) is 67.9 Å². The van der Waals surface area contributed by atoms with E-state index in [-0.39, 0.29) is 81.3 Å². The van der Waals surface area contributed by atoms with Crippen LogP contribution in [-0.4, -0.2) is 188 Å². The minimum atomic E-state index is -1.31. The summed E-state index contributed by atoms with van der Waals surface area (Å²) >= 11 is 0. The van der Waals surface area contributed by atoms with Crippen molar-refractivity contribution >= 4 is 71.7 Å². The van der Waals surface area contributed by atoms with Crippen LogP contribution in [0.5, 0.6) is 0 Å². The zero-order valence-electron chi connectivity index (χ0n) is 74.5. The van der Waals surface area contributed by atoms with Crippen LogP contribution in [-0.2, 0) is 57.4 Å². The molecule has 3 aliphatic carbocycles. The van der Waals surface area contributed by atoms with Crippen molar-refractivity contribution in [1.29, 1.82) is 5.26 Å². The Hall–Kier alpha value is -7.11. The highest BCUT2D eigenvalue weighted by Gasteiger charge is 2.73. The Morgan fingerprint density at radius 3 is 1.02 bits per heavy atom. The lowest BCUT2D eigenvalue weighted by Gasteiger charge is -2.39. The van der Waals surface area contributed by atoms with E-state index in [1.807, 2.05) is 47.6 Å². The molecule has 16 atom stereocenters. The molecule has 9 rings (SSSR count). The Morgan fingerprint density at radius 2 is 0.724 bits per heavy atom. The standard InChI is InChI=1S/C30H50N4O6.C30H50N4O5.C29H49N3O5/c1-28(2,3)40-27(39)33-23-26(38)34-17-18-20(30(18,6)7)21(34)25(37)32-19(22(35)24(31)36)15-13-11-9-8-10-12-14-16-29(23,4)5;1-28(2,3)39-27(38)33-24-26(37)34-18-19-22(30(19,6)7)23(34)25(36)32-20(21(35)17-31)15-13-11-9-8-10-12-14-16-29(24,4)5;1-27(2,3)37-26(36)31-23-25(35)32-17-20-21(29(20,6)7)22(32)24(34)30-19(18-33)15-13-11-9-8-10-12-14-16-28(23,4)5/h18-21,23H,8-17H2,1-7H3,(H2,31,36)(H,32,37)(H,33,39);19-24,35H,8-16,18H2,1-7H3,(H,32,36)(H,33,38);18-23H,8-17H2,1-7H3,(H,30,34)(H,31,36)/t18?,19-,20-,21-,23+;19?,20-,21?,22-,23-,24+;19-,20?,21-,22-,23+/m000/s1. The van der Waals surface area contributed by atoms with Gasteiger partial charge in [-0.2, -0.15) is 5.26 Å². The molecule has 0 aromatic carbocycles. The number of aliphatic hydroxyl groups is 1. The normalized spacial score (nSPS) is 32.1. The highest BCUT2D eigenvalue weighted by atomic mass is 16.6. The van der Waals surface area contributed by atoms with Gasteiger partial charge in [0.05, 0.1) is 24.2 Å². The third-order valence-electron chi connectivity index (χ3n) is 27.0. The molecule has 27 nitrogen and oxygen atoms in total. The van der Waals surface area contributed by atoms with Crippen LogP contribution in [0.4, 0.5) is 14.4 Å². The number of carbonyl (C=O) groups excluding carboxylic acids is 12. The number of ketones is 1. The van der Waals surface area contributed by atoms with E-state index in [1.165, 1.54) is 0 Å². The molecule has 27 heteroatoms. The van der Waals surface area contributed by atoms with Gasteiger partial charge in [-0.25, -0.2) is 14.4 Å². The number of alkyl carbamates (subject to hydrolysis) is 3. The molecular formula is C89H149N11O16. The Balaban J connectivity index is 0.000000241. The Bertz CT molecular complexity index is 3530. The number of nitrogens with zero attached hydrogens (tertiary/aromatic N) is 4. The van der Waals surface area contributed by atoms with Gasteiger partial charge in [-0.3, -0.25) is 38.4 Å². The Kier molecular flexibility index (Phi) is 32.2. The fourth-order valence-corrected chi connectivity index (χ4v) is 19.7. The minimum absolute atomic E-state index is 0.0197. The number of fused-ring (bicyclic) bond motifs is 9. The molecule has 656 valence electrons. The van der Waals surface area contributed by atoms with Gasteiger partial charge < -0.3 is 76.4 Å². The number of piperidine rings is 3. The average molecular weight is 1630 g/mol. The van der Waals surface area contributed by atoms with Crippen molar-refractivity contribution < 1.29 is 76.9 Å². The maximum absolute atomic E-state index is 14.3. The highest BCUT2D eigenvalue weighted by Crippen LogP contribution is 2.67. The quantitative estimate of drug-likeness (QED) is 0.0508. The summed E-state index contributed by atoms with van der Waals surface area (Å²) < 4.78 is 16.6. The smallest absolute Gasteiger partial charge is 0.408 e. The molecule has 0 aromatic heterocycles. The minimum Gasteiger partial charge on any atom is -0.444 e. The predicted octanol–water partition coefficient (Wildman–Crippen LogP) is 12.3. The van der Waals surface area contributed by atoms with E-state index in [1.54, 1.807) is 77.0 Å². The molecule has 9 N–H and O–H groups in total. The maximum Gasteiger partial charge on any atom is 0.408 e. The van der Waals surface area contributed by atoms with Crippen molar-refractivity contribution in [2.75, 3.05) is 19.6 Å². The van der Waals surface area contributed by atoms with Gasteiger partial charge in [-0.05, 0) is 169 Å². The van der Waals surface area contributed by atoms with Crippen LogP contribution < -0.4 is 37.6 Å². The summed E-state index contributed by atoms with van der Waals surface area (Å²) in [6, 6.07) is -5.16. The first-order valence-corrected chi connectivity index (χ1v) is 43.9. The summed E-state index contributed by atoms with van der Waals surface area (Å²) in [5.41, 5.74) is 1.19. The van der Waals surface area contributed by atoms with E-state index in [4.69, 9.17) is 19.9 Å². The largest absolute Gasteiger partial charge is 0.444 e. The summed E-state index contributed by atoms with van der Waals surface area (Å²) in [7, 11) is 0. The van der Waals surface area contributed by atoms with Gasteiger partial charge in [0.25, 0.3) is 5.91 Å². The number of amides is 10. The molecule has 6 saturated heterocycles. The number of aliphatic hydroxyl groups excluding tert-OH is 1. The molecule has 10 amide bonds. The lowest BCUT2D eigenvalue weighted by molar-refractivity contribution is -0.145. The lowest BCUT2D eigenvalue weighted by atomic mass is 9.78. The van der Waals surface area contributed by atoms with Crippen molar-refractivity contribution in [3.8, 4) is 6.07 Å². The maximum atomic E-state index is 14.3. The van der Waals surface area contributed by atoms with E-state index in [0.717, 1.165) is 154 Å². The molecule has 6 heterocycles. The number of nitrogens with two attached hydrogens (primary N) is 1. The van der Waals surface area contributed by atoms with Crippen LogP contribution in [0.1, 0.15) is 319 Å². The van der Waals surface area contributed by atoms with Crippen molar-refractivity contribution in [2.45, 2.75) is 396 Å². The summed E-state index contributed by atoms with van der Waals surface area (Å²) in [5.74, 6) is -3.37. The molecule has 4 unspecified atom stereocenters.